The summed E-state index contributed by atoms with van der Waals surface area (Å²) in [6.45, 7) is 4.95. The molecule has 0 aliphatic heterocycles. The van der Waals surface area contributed by atoms with Crippen molar-refractivity contribution in [3.8, 4) is 0 Å². The molecule has 0 aliphatic carbocycles. The highest BCUT2D eigenvalue weighted by Gasteiger charge is 2.20. The molecular weight excluding hydrogens is 971 g/mol. The number of hydrogen-bond donors (Lipinski definition) is 3. The molecule has 6 nitrogen and oxygen atoms in total. The van der Waals surface area contributed by atoms with Gasteiger partial charge in [0.2, 0.25) is 5.91 Å². The van der Waals surface area contributed by atoms with E-state index in [9.17, 15) is 19.8 Å². The van der Waals surface area contributed by atoms with Crippen molar-refractivity contribution < 1.29 is 24.5 Å². The summed E-state index contributed by atoms with van der Waals surface area (Å²) < 4.78 is 5.47. The summed E-state index contributed by atoms with van der Waals surface area (Å²) in [5.74, 6) is -0.0233. The predicted octanol–water partition coefficient (Wildman–Crippen LogP) is 23.3. The molecule has 0 saturated heterocycles. The smallest absolute Gasteiger partial charge is 0.305 e. The van der Waals surface area contributed by atoms with Crippen LogP contribution in [0.1, 0.15) is 406 Å². The minimum absolute atomic E-state index is 0.00604. The largest absolute Gasteiger partial charge is 0.466 e. The van der Waals surface area contributed by atoms with Crippen LogP contribution in [0.25, 0.3) is 0 Å². The zero-order valence-electron chi connectivity index (χ0n) is 53.6. The number of unbranched alkanes of at least 4 members (excludes halogenated alkanes) is 53. The molecule has 3 N–H and O–H groups in total. The lowest BCUT2D eigenvalue weighted by Gasteiger charge is -2.22. The quantitative estimate of drug-likeness (QED) is 0.0320. The minimum Gasteiger partial charge on any atom is -0.466 e. The molecule has 0 spiro atoms. The van der Waals surface area contributed by atoms with Crippen LogP contribution in [0.4, 0.5) is 0 Å². The minimum atomic E-state index is -0.665. The Morgan fingerprint density at radius 2 is 0.608 bits per heavy atom. The number of rotatable bonds is 68. The lowest BCUT2D eigenvalue weighted by molar-refractivity contribution is -0.143. The van der Waals surface area contributed by atoms with Crippen molar-refractivity contribution in [1.29, 1.82) is 0 Å². The summed E-state index contributed by atoms with van der Waals surface area (Å²) in [5, 5.41) is 23.4. The normalized spacial score (nSPS) is 12.6. The molecule has 6 heteroatoms. The van der Waals surface area contributed by atoms with E-state index in [1.165, 1.54) is 327 Å². The molecular formula is C73H141NO5. The summed E-state index contributed by atoms with van der Waals surface area (Å²) in [6.07, 6.45) is 86.7. The molecule has 1 amide bonds. The zero-order valence-corrected chi connectivity index (χ0v) is 53.6. The summed E-state index contributed by atoms with van der Waals surface area (Å²) in [6, 6.07) is -0.542. The molecule has 0 fully saturated rings. The van der Waals surface area contributed by atoms with E-state index in [-0.39, 0.29) is 18.5 Å². The van der Waals surface area contributed by atoms with Gasteiger partial charge in [0.25, 0.3) is 0 Å². The van der Waals surface area contributed by atoms with Gasteiger partial charge in [0.1, 0.15) is 0 Å². The van der Waals surface area contributed by atoms with Crippen molar-refractivity contribution in [1.82, 2.24) is 5.32 Å². The maximum absolute atomic E-state index is 12.6. The molecule has 0 aromatic rings. The van der Waals surface area contributed by atoms with Crippen LogP contribution in [-0.4, -0.2) is 47.4 Å². The lowest BCUT2D eigenvalue weighted by atomic mass is 10.0. The van der Waals surface area contributed by atoms with Gasteiger partial charge in [0.05, 0.1) is 25.4 Å². The van der Waals surface area contributed by atoms with Crippen LogP contribution in [0.15, 0.2) is 24.3 Å². The lowest BCUT2D eigenvalue weighted by Crippen LogP contribution is -2.45. The van der Waals surface area contributed by atoms with Gasteiger partial charge >= 0.3 is 5.97 Å². The first kappa shape index (κ1) is 77.3. The Morgan fingerprint density at radius 1 is 0.342 bits per heavy atom. The molecule has 468 valence electrons. The molecule has 2 unspecified atom stereocenters. The Morgan fingerprint density at radius 3 is 0.937 bits per heavy atom. The van der Waals surface area contributed by atoms with Gasteiger partial charge < -0.3 is 20.3 Å². The average molecular weight is 1110 g/mol. The van der Waals surface area contributed by atoms with E-state index in [0.717, 1.165) is 44.9 Å². The Hall–Kier alpha value is -1.66. The van der Waals surface area contributed by atoms with E-state index in [2.05, 4.69) is 43.5 Å². The Balaban J connectivity index is 3.38. The first-order chi connectivity index (χ1) is 39.0. The number of ether oxygens (including phenoxy) is 1. The fraction of sp³-hybridized carbons (Fsp3) is 0.918. The first-order valence-electron chi connectivity index (χ1n) is 36.1. The molecule has 0 heterocycles. The molecule has 79 heavy (non-hydrogen) atoms. The van der Waals surface area contributed by atoms with Crippen LogP contribution in [-0.2, 0) is 14.3 Å². The van der Waals surface area contributed by atoms with Crippen molar-refractivity contribution in [2.45, 2.75) is 418 Å². The second-order valence-electron chi connectivity index (χ2n) is 24.9. The molecule has 0 radical (unpaired) electrons. The van der Waals surface area contributed by atoms with Gasteiger partial charge in [-0.1, -0.05) is 346 Å². The van der Waals surface area contributed by atoms with Gasteiger partial charge in [0.15, 0.2) is 0 Å². The monoisotopic (exact) mass is 1110 g/mol. The molecule has 2 atom stereocenters. The summed E-state index contributed by atoms with van der Waals surface area (Å²) in [7, 11) is 0. The number of nitrogens with one attached hydrogen (secondary N) is 1. The van der Waals surface area contributed by atoms with Crippen LogP contribution in [0.2, 0.25) is 0 Å². The van der Waals surface area contributed by atoms with E-state index in [1.807, 2.05) is 0 Å². The van der Waals surface area contributed by atoms with Gasteiger partial charge in [-0.2, -0.15) is 0 Å². The molecule has 0 rings (SSSR count). The third-order valence-electron chi connectivity index (χ3n) is 17.0. The van der Waals surface area contributed by atoms with Crippen molar-refractivity contribution in [2.75, 3.05) is 13.2 Å². The second kappa shape index (κ2) is 68.8. The average Bonchev–Trinajstić information content (AvgIpc) is 3.45. The number of carbonyl (C=O) groups is 2. The predicted molar refractivity (Wildman–Crippen MR) is 347 cm³/mol. The highest BCUT2D eigenvalue weighted by molar-refractivity contribution is 5.76. The van der Waals surface area contributed by atoms with Gasteiger partial charge in [-0.3, -0.25) is 9.59 Å². The Kier molecular flexibility index (Phi) is 67.4. The topological polar surface area (TPSA) is 95.9 Å². The number of carbonyl (C=O) groups excluding carboxylic acids is 2. The van der Waals surface area contributed by atoms with Gasteiger partial charge in [-0.15, -0.1) is 0 Å². The number of hydrogen-bond acceptors (Lipinski definition) is 5. The summed E-state index contributed by atoms with van der Waals surface area (Å²) in [5.41, 5.74) is 0. The summed E-state index contributed by atoms with van der Waals surface area (Å²) >= 11 is 0. The molecule has 0 aromatic carbocycles. The highest BCUT2D eigenvalue weighted by Crippen LogP contribution is 2.19. The molecule has 0 saturated carbocycles. The maximum Gasteiger partial charge on any atom is 0.305 e. The summed E-state index contributed by atoms with van der Waals surface area (Å²) in [4.78, 5) is 24.6. The van der Waals surface area contributed by atoms with E-state index >= 15 is 0 Å². The number of allylic oxidation sites excluding steroid dienone is 4. The third-order valence-corrected chi connectivity index (χ3v) is 17.0. The van der Waals surface area contributed by atoms with Crippen LogP contribution in [0.3, 0.4) is 0 Å². The Bertz CT molecular complexity index is 1230. The van der Waals surface area contributed by atoms with Crippen molar-refractivity contribution >= 4 is 11.9 Å². The Labute approximate surface area is 494 Å². The fourth-order valence-electron chi connectivity index (χ4n) is 11.4. The van der Waals surface area contributed by atoms with Crippen molar-refractivity contribution in [2.24, 2.45) is 0 Å². The van der Waals surface area contributed by atoms with E-state index < -0.39 is 12.1 Å². The zero-order chi connectivity index (χ0) is 57.1. The third kappa shape index (κ3) is 65.4. The van der Waals surface area contributed by atoms with Crippen molar-refractivity contribution in [3.05, 3.63) is 24.3 Å². The highest BCUT2D eigenvalue weighted by atomic mass is 16.5. The van der Waals surface area contributed by atoms with Crippen LogP contribution < -0.4 is 5.32 Å². The number of amides is 1. The van der Waals surface area contributed by atoms with Crippen LogP contribution >= 0.6 is 0 Å². The number of aliphatic hydroxyl groups excluding tert-OH is 2. The number of aliphatic hydroxyl groups is 2. The van der Waals surface area contributed by atoms with E-state index in [1.54, 1.807) is 0 Å². The molecule has 0 aliphatic rings. The van der Waals surface area contributed by atoms with Crippen LogP contribution in [0, 0.1) is 0 Å². The van der Waals surface area contributed by atoms with Gasteiger partial charge in [-0.25, -0.2) is 0 Å². The van der Waals surface area contributed by atoms with E-state index in [4.69, 9.17) is 4.74 Å². The van der Waals surface area contributed by atoms with E-state index in [0.29, 0.717) is 25.9 Å². The van der Waals surface area contributed by atoms with Gasteiger partial charge in [0, 0.05) is 12.8 Å². The number of esters is 1. The molecule has 0 bridgehead atoms. The van der Waals surface area contributed by atoms with Gasteiger partial charge in [-0.05, 0) is 70.6 Å². The first-order valence-corrected chi connectivity index (χ1v) is 36.1. The maximum atomic E-state index is 12.6. The second-order valence-corrected chi connectivity index (χ2v) is 24.9. The molecule has 0 aromatic heterocycles. The van der Waals surface area contributed by atoms with Crippen molar-refractivity contribution in [3.63, 3.8) is 0 Å². The van der Waals surface area contributed by atoms with Crippen LogP contribution in [0.5, 0.6) is 0 Å². The SMILES string of the molecule is CCCC/C=C\CCCCCCCC(=O)OCCCCCCCCCCCCCC/C=C\CCCCCCCCCCCCCCCC(=O)NC(CO)C(O)CCCCCCCCCCCCCCCCCCCCCCCC. The standard InChI is InChI=1S/C73H141NO5/c1-3-5-7-9-11-13-15-16-17-18-19-20-30-33-36-39-42-46-49-53-57-61-65-71(76)70(69-75)74-72(77)66-62-58-54-50-47-43-40-37-34-31-28-26-24-22-21-23-25-27-29-32-35-38-41-44-48-52-56-60-64-68-79-73(78)67-63-59-55-51-45-14-12-10-8-6-4-2/h10,12,21,23,70-71,75-76H,3-9,11,13-20,22,24-69H2,1-2H3,(H,74,77)/b12-10-,23-21-. The fourth-order valence-corrected chi connectivity index (χ4v) is 11.4.